The van der Waals surface area contributed by atoms with Gasteiger partial charge in [0, 0.05) is 32.9 Å². The summed E-state index contributed by atoms with van der Waals surface area (Å²) in [6, 6.07) is 10.9. The topological polar surface area (TPSA) is 42.3 Å². The van der Waals surface area contributed by atoms with Crippen LogP contribution in [0.4, 0.5) is 5.69 Å². The van der Waals surface area contributed by atoms with Crippen LogP contribution in [0.1, 0.15) is 12.5 Å². The molecule has 1 aromatic carbocycles. The maximum absolute atomic E-state index is 5.96. The Hall–Kier alpha value is -1.85. The average Bonchev–Trinajstić information content (AvgIpc) is 2.93. The number of nitrogens with zero attached hydrogens (tertiary/aromatic N) is 3. The summed E-state index contributed by atoms with van der Waals surface area (Å²) in [5.74, 6) is 0. The Bertz CT molecular complexity index is 583. The second-order valence-electron chi connectivity index (χ2n) is 5.97. The van der Waals surface area contributed by atoms with Crippen molar-refractivity contribution >= 4 is 5.69 Å². The highest BCUT2D eigenvalue weighted by Crippen LogP contribution is 2.16. The van der Waals surface area contributed by atoms with Crippen LogP contribution in [0.25, 0.3) is 0 Å². The predicted octanol–water partition coefficient (Wildman–Crippen LogP) is 2.12. The molecule has 0 radical (unpaired) electrons. The van der Waals surface area contributed by atoms with Crippen LogP contribution in [0.2, 0.25) is 0 Å². The number of hydrogen-bond acceptors (Lipinski definition) is 4. The van der Waals surface area contributed by atoms with Gasteiger partial charge in [-0.3, -0.25) is 9.58 Å². The number of ether oxygens (including phenoxy) is 1. The van der Waals surface area contributed by atoms with Crippen molar-refractivity contribution in [1.82, 2.24) is 14.7 Å². The molecule has 2 atom stereocenters. The molecular weight excluding hydrogens is 276 g/mol. The molecule has 1 aliphatic rings. The molecule has 0 bridgehead atoms. The highest BCUT2D eigenvalue weighted by molar-refractivity contribution is 5.39. The van der Waals surface area contributed by atoms with Crippen LogP contribution in [0, 0.1) is 0 Å². The third-order valence-corrected chi connectivity index (χ3v) is 4.08. The van der Waals surface area contributed by atoms with Gasteiger partial charge in [0.1, 0.15) is 0 Å². The minimum Gasteiger partial charge on any atom is -0.377 e. The molecular formula is C17H24N4O. The molecule has 0 aliphatic carbocycles. The first-order valence-corrected chi connectivity index (χ1v) is 7.84. The summed E-state index contributed by atoms with van der Waals surface area (Å²) in [5, 5.41) is 7.67. The zero-order valence-corrected chi connectivity index (χ0v) is 13.3. The summed E-state index contributed by atoms with van der Waals surface area (Å²) < 4.78 is 7.76. The van der Waals surface area contributed by atoms with Gasteiger partial charge in [-0.1, -0.05) is 30.3 Å². The van der Waals surface area contributed by atoms with Crippen molar-refractivity contribution in [2.24, 2.45) is 7.05 Å². The van der Waals surface area contributed by atoms with Crippen molar-refractivity contribution in [2.45, 2.75) is 25.6 Å². The maximum Gasteiger partial charge on any atom is 0.0900 e. The largest absolute Gasteiger partial charge is 0.377 e. The van der Waals surface area contributed by atoms with E-state index in [0.717, 1.165) is 31.9 Å². The Morgan fingerprint density at radius 1 is 1.36 bits per heavy atom. The van der Waals surface area contributed by atoms with Crippen molar-refractivity contribution in [1.29, 1.82) is 0 Å². The van der Waals surface area contributed by atoms with E-state index in [0.29, 0.717) is 0 Å². The van der Waals surface area contributed by atoms with Gasteiger partial charge in [0.15, 0.2) is 0 Å². The van der Waals surface area contributed by atoms with E-state index in [1.54, 1.807) is 4.68 Å². The van der Waals surface area contributed by atoms with Gasteiger partial charge in [0.25, 0.3) is 0 Å². The third kappa shape index (κ3) is 3.87. The molecule has 0 amide bonds. The van der Waals surface area contributed by atoms with Gasteiger partial charge in [-0.2, -0.15) is 5.10 Å². The smallest absolute Gasteiger partial charge is 0.0900 e. The number of nitrogens with one attached hydrogen (secondary N) is 1. The number of hydrogen-bond donors (Lipinski definition) is 1. The highest BCUT2D eigenvalue weighted by atomic mass is 16.5. The molecule has 1 aliphatic heterocycles. The molecule has 0 saturated carbocycles. The van der Waals surface area contributed by atoms with E-state index in [-0.39, 0.29) is 12.1 Å². The summed E-state index contributed by atoms with van der Waals surface area (Å²) in [5.41, 5.74) is 2.40. The average molecular weight is 300 g/mol. The van der Waals surface area contributed by atoms with E-state index in [9.17, 15) is 0 Å². The molecule has 0 unspecified atom stereocenters. The first kappa shape index (κ1) is 15.1. The SMILES string of the molecule is C[C@@H](Nc1cnn(C)c1)[C@H]1CN(Cc2ccccc2)CCO1. The van der Waals surface area contributed by atoms with E-state index in [4.69, 9.17) is 4.74 Å². The Labute approximate surface area is 131 Å². The molecule has 0 spiro atoms. The fourth-order valence-corrected chi connectivity index (χ4v) is 2.87. The predicted molar refractivity (Wildman–Crippen MR) is 87.8 cm³/mol. The molecule has 1 aromatic heterocycles. The van der Waals surface area contributed by atoms with Crippen molar-refractivity contribution in [3.8, 4) is 0 Å². The molecule has 118 valence electrons. The van der Waals surface area contributed by atoms with Gasteiger partial charge in [-0.15, -0.1) is 0 Å². The van der Waals surface area contributed by atoms with Gasteiger partial charge < -0.3 is 10.1 Å². The first-order valence-electron chi connectivity index (χ1n) is 7.84. The molecule has 5 nitrogen and oxygen atoms in total. The molecule has 1 N–H and O–H groups in total. The van der Waals surface area contributed by atoms with Crippen LogP contribution in [-0.2, 0) is 18.3 Å². The van der Waals surface area contributed by atoms with Crippen molar-refractivity contribution in [3.05, 3.63) is 48.3 Å². The Balaban J connectivity index is 1.55. The zero-order chi connectivity index (χ0) is 15.4. The van der Waals surface area contributed by atoms with Crippen LogP contribution in [-0.4, -0.2) is 46.5 Å². The summed E-state index contributed by atoms with van der Waals surface area (Å²) in [6.07, 6.45) is 4.03. The highest BCUT2D eigenvalue weighted by Gasteiger charge is 2.25. The monoisotopic (exact) mass is 300 g/mol. The number of morpholine rings is 1. The van der Waals surface area contributed by atoms with Gasteiger partial charge >= 0.3 is 0 Å². The summed E-state index contributed by atoms with van der Waals surface area (Å²) >= 11 is 0. The van der Waals surface area contributed by atoms with Gasteiger partial charge in [0.2, 0.25) is 0 Å². The molecule has 2 heterocycles. The van der Waals surface area contributed by atoms with E-state index in [1.807, 2.05) is 19.4 Å². The number of rotatable bonds is 5. The molecule has 3 rings (SSSR count). The zero-order valence-electron chi connectivity index (χ0n) is 13.3. The Morgan fingerprint density at radius 3 is 2.91 bits per heavy atom. The normalized spacial score (nSPS) is 20.7. The van der Waals surface area contributed by atoms with Crippen molar-refractivity contribution < 1.29 is 4.74 Å². The molecule has 1 fully saturated rings. The van der Waals surface area contributed by atoms with Gasteiger partial charge in [-0.25, -0.2) is 0 Å². The molecule has 5 heteroatoms. The third-order valence-electron chi connectivity index (χ3n) is 4.08. The molecule has 1 saturated heterocycles. The quantitative estimate of drug-likeness (QED) is 0.918. The van der Waals surface area contributed by atoms with Gasteiger partial charge in [0.05, 0.1) is 30.6 Å². The van der Waals surface area contributed by atoms with Crippen molar-refractivity contribution in [3.63, 3.8) is 0 Å². The minimum atomic E-state index is 0.192. The van der Waals surface area contributed by atoms with E-state index in [1.165, 1.54) is 5.56 Å². The summed E-state index contributed by atoms with van der Waals surface area (Å²) in [7, 11) is 1.93. The van der Waals surface area contributed by atoms with E-state index < -0.39 is 0 Å². The lowest BCUT2D eigenvalue weighted by Crippen LogP contribution is -2.48. The number of aryl methyl sites for hydroxylation is 1. The van der Waals surface area contributed by atoms with Crippen LogP contribution >= 0.6 is 0 Å². The second kappa shape index (κ2) is 6.94. The van der Waals surface area contributed by atoms with Gasteiger partial charge in [-0.05, 0) is 12.5 Å². The second-order valence-corrected chi connectivity index (χ2v) is 5.97. The first-order chi connectivity index (χ1) is 10.7. The Kier molecular flexibility index (Phi) is 4.75. The lowest BCUT2D eigenvalue weighted by atomic mass is 10.1. The number of anilines is 1. The van der Waals surface area contributed by atoms with Crippen molar-refractivity contribution in [2.75, 3.05) is 25.0 Å². The lowest BCUT2D eigenvalue weighted by molar-refractivity contribution is -0.0373. The lowest BCUT2D eigenvalue weighted by Gasteiger charge is -2.36. The van der Waals surface area contributed by atoms with Crippen LogP contribution in [0.15, 0.2) is 42.7 Å². The molecule has 2 aromatic rings. The van der Waals surface area contributed by atoms with E-state index >= 15 is 0 Å². The molecule has 22 heavy (non-hydrogen) atoms. The standard InChI is InChI=1S/C17H24N4O/c1-14(19-16-10-18-20(2)12-16)17-13-21(8-9-22-17)11-15-6-4-3-5-7-15/h3-7,10,12,14,17,19H,8-9,11,13H2,1-2H3/t14-,17-/m1/s1. The summed E-state index contributed by atoms with van der Waals surface area (Å²) in [4.78, 5) is 2.46. The number of benzene rings is 1. The Morgan fingerprint density at radius 2 is 2.18 bits per heavy atom. The van der Waals surface area contributed by atoms with E-state index in [2.05, 4.69) is 52.6 Å². The van der Waals surface area contributed by atoms with Crippen LogP contribution < -0.4 is 5.32 Å². The fraction of sp³-hybridized carbons (Fsp3) is 0.471. The fourth-order valence-electron chi connectivity index (χ4n) is 2.87. The van der Waals surface area contributed by atoms with Crippen LogP contribution in [0.5, 0.6) is 0 Å². The number of aromatic nitrogens is 2. The maximum atomic E-state index is 5.96. The minimum absolute atomic E-state index is 0.192. The van der Waals surface area contributed by atoms with Crippen LogP contribution in [0.3, 0.4) is 0 Å². The summed E-state index contributed by atoms with van der Waals surface area (Å²) in [6.45, 7) is 5.88.